The van der Waals surface area contributed by atoms with E-state index in [1.165, 1.54) is 26.9 Å². The second kappa shape index (κ2) is 7.96. The third kappa shape index (κ3) is 4.72. The molecule has 0 fully saturated rings. The van der Waals surface area contributed by atoms with Gasteiger partial charge in [0.05, 0.1) is 0 Å². The van der Waals surface area contributed by atoms with Gasteiger partial charge in [0.2, 0.25) is 0 Å². The number of thiophene rings is 1. The first-order chi connectivity index (χ1) is 9.69. The van der Waals surface area contributed by atoms with Crippen LogP contribution in [0.25, 0.3) is 0 Å². The molecular formula is C17H22BrNS. The lowest BCUT2D eigenvalue weighted by molar-refractivity contribution is 0.579. The van der Waals surface area contributed by atoms with Crippen molar-refractivity contribution in [2.45, 2.75) is 32.6 Å². The van der Waals surface area contributed by atoms with Gasteiger partial charge in [0.15, 0.2) is 0 Å². The molecule has 0 amide bonds. The molecule has 1 aromatic heterocycles. The van der Waals surface area contributed by atoms with Gasteiger partial charge in [0.25, 0.3) is 0 Å². The highest BCUT2D eigenvalue weighted by atomic mass is 79.9. The van der Waals surface area contributed by atoms with Crippen molar-refractivity contribution >= 4 is 27.3 Å². The summed E-state index contributed by atoms with van der Waals surface area (Å²) < 4.78 is 1.20. The number of benzene rings is 1. The van der Waals surface area contributed by atoms with Crippen molar-refractivity contribution in [2.24, 2.45) is 0 Å². The Labute approximate surface area is 134 Å². The number of halogens is 1. The Bertz CT molecular complexity index is 518. The zero-order valence-corrected chi connectivity index (χ0v) is 14.6. The van der Waals surface area contributed by atoms with Crippen molar-refractivity contribution in [3.63, 3.8) is 0 Å². The van der Waals surface area contributed by atoms with E-state index < -0.39 is 0 Å². The van der Waals surface area contributed by atoms with E-state index in [0.717, 1.165) is 19.5 Å². The van der Waals surface area contributed by atoms with E-state index in [1.807, 2.05) is 11.3 Å². The molecule has 1 unspecified atom stereocenters. The first kappa shape index (κ1) is 15.7. The molecule has 108 valence electrons. The Hall–Kier alpha value is -0.640. The fourth-order valence-corrected chi connectivity index (χ4v) is 3.84. The minimum Gasteiger partial charge on any atom is -0.316 e. The summed E-state index contributed by atoms with van der Waals surface area (Å²) in [5, 5.41) is 5.74. The van der Waals surface area contributed by atoms with Crippen molar-refractivity contribution in [3.05, 3.63) is 56.2 Å². The summed E-state index contributed by atoms with van der Waals surface area (Å²) in [6, 6.07) is 11.2. The van der Waals surface area contributed by atoms with E-state index in [4.69, 9.17) is 0 Å². The average molecular weight is 352 g/mol. The van der Waals surface area contributed by atoms with Crippen LogP contribution in [-0.2, 0) is 6.42 Å². The molecule has 0 aliphatic heterocycles. The predicted molar refractivity (Wildman–Crippen MR) is 92.8 cm³/mol. The van der Waals surface area contributed by atoms with Crippen LogP contribution in [0.2, 0.25) is 0 Å². The SMILES string of the molecule is CCCNCC(Cc1cc(Br)cs1)c1ccc(C)cc1. The molecule has 0 radical (unpaired) electrons. The molecule has 1 heterocycles. The largest absolute Gasteiger partial charge is 0.316 e. The Balaban J connectivity index is 2.09. The highest BCUT2D eigenvalue weighted by molar-refractivity contribution is 9.10. The Morgan fingerprint density at radius 3 is 2.60 bits per heavy atom. The molecule has 1 nitrogen and oxygen atoms in total. The van der Waals surface area contributed by atoms with E-state index in [2.05, 4.69) is 70.8 Å². The number of nitrogens with one attached hydrogen (secondary N) is 1. The highest BCUT2D eigenvalue weighted by Crippen LogP contribution is 2.27. The molecule has 0 saturated carbocycles. The third-order valence-electron chi connectivity index (χ3n) is 3.44. The molecule has 1 aromatic carbocycles. The number of hydrogen-bond acceptors (Lipinski definition) is 2. The average Bonchev–Trinajstić information content (AvgIpc) is 2.84. The summed E-state index contributed by atoms with van der Waals surface area (Å²) in [5.74, 6) is 0.549. The summed E-state index contributed by atoms with van der Waals surface area (Å²) in [6.07, 6.45) is 2.29. The maximum Gasteiger partial charge on any atom is 0.0285 e. The fraction of sp³-hybridized carbons (Fsp3) is 0.412. The van der Waals surface area contributed by atoms with Gasteiger partial charge in [0, 0.05) is 27.2 Å². The molecule has 0 aliphatic rings. The van der Waals surface area contributed by atoms with Crippen LogP contribution in [0.4, 0.5) is 0 Å². The van der Waals surface area contributed by atoms with Gasteiger partial charge < -0.3 is 5.32 Å². The van der Waals surface area contributed by atoms with Crippen molar-refractivity contribution in [1.82, 2.24) is 5.32 Å². The summed E-state index contributed by atoms with van der Waals surface area (Å²) >= 11 is 5.39. The molecule has 0 aliphatic carbocycles. The normalized spacial score (nSPS) is 12.6. The van der Waals surface area contributed by atoms with Crippen LogP contribution in [0.3, 0.4) is 0 Å². The minimum atomic E-state index is 0.549. The number of hydrogen-bond donors (Lipinski definition) is 1. The topological polar surface area (TPSA) is 12.0 Å². The van der Waals surface area contributed by atoms with Crippen LogP contribution in [0.1, 0.15) is 35.3 Å². The molecule has 2 rings (SSSR count). The first-order valence-electron chi connectivity index (χ1n) is 7.19. The third-order valence-corrected chi connectivity index (χ3v) is 5.16. The van der Waals surface area contributed by atoms with Crippen LogP contribution < -0.4 is 5.32 Å². The standard InChI is InChI=1S/C17H22BrNS/c1-3-8-19-11-15(9-17-10-16(18)12-20-17)14-6-4-13(2)5-7-14/h4-7,10,12,15,19H,3,8-9,11H2,1-2H3. The molecule has 0 bridgehead atoms. The Morgan fingerprint density at radius 1 is 1.25 bits per heavy atom. The zero-order chi connectivity index (χ0) is 14.4. The smallest absolute Gasteiger partial charge is 0.0285 e. The Kier molecular flexibility index (Phi) is 6.27. The van der Waals surface area contributed by atoms with Gasteiger partial charge in [-0.1, -0.05) is 36.8 Å². The van der Waals surface area contributed by atoms with Crippen molar-refractivity contribution in [1.29, 1.82) is 0 Å². The van der Waals surface area contributed by atoms with Gasteiger partial charge in [-0.25, -0.2) is 0 Å². The number of rotatable bonds is 7. The van der Waals surface area contributed by atoms with Gasteiger partial charge in [-0.15, -0.1) is 11.3 Å². The van der Waals surface area contributed by atoms with Crippen LogP contribution in [0.15, 0.2) is 40.2 Å². The zero-order valence-electron chi connectivity index (χ0n) is 12.2. The molecule has 2 aromatic rings. The number of aryl methyl sites for hydroxylation is 1. The molecule has 0 saturated heterocycles. The van der Waals surface area contributed by atoms with Crippen LogP contribution in [0, 0.1) is 6.92 Å². The van der Waals surface area contributed by atoms with Gasteiger partial charge in [-0.05, 0) is 53.9 Å². The van der Waals surface area contributed by atoms with Crippen LogP contribution >= 0.6 is 27.3 Å². The fourth-order valence-electron chi connectivity index (χ4n) is 2.30. The Morgan fingerprint density at radius 2 is 2.00 bits per heavy atom. The lowest BCUT2D eigenvalue weighted by Crippen LogP contribution is -2.23. The molecule has 3 heteroatoms. The lowest BCUT2D eigenvalue weighted by Gasteiger charge is -2.17. The molecule has 20 heavy (non-hydrogen) atoms. The molecular weight excluding hydrogens is 330 g/mol. The summed E-state index contributed by atoms with van der Waals surface area (Å²) in [4.78, 5) is 1.45. The van der Waals surface area contributed by atoms with E-state index in [9.17, 15) is 0 Å². The van der Waals surface area contributed by atoms with Crippen molar-refractivity contribution in [2.75, 3.05) is 13.1 Å². The second-order valence-corrected chi connectivity index (χ2v) is 7.16. The van der Waals surface area contributed by atoms with Crippen LogP contribution in [-0.4, -0.2) is 13.1 Å². The van der Waals surface area contributed by atoms with Gasteiger partial charge in [-0.2, -0.15) is 0 Å². The molecule has 0 spiro atoms. The molecule has 1 atom stereocenters. The minimum absolute atomic E-state index is 0.549. The van der Waals surface area contributed by atoms with E-state index in [1.54, 1.807) is 0 Å². The quantitative estimate of drug-likeness (QED) is 0.680. The van der Waals surface area contributed by atoms with Crippen LogP contribution in [0.5, 0.6) is 0 Å². The monoisotopic (exact) mass is 351 g/mol. The second-order valence-electron chi connectivity index (χ2n) is 5.25. The predicted octanol–water partition coefficient (Wildman–Crippen LogP) is 5.14. The molecule has 1 N–H and O–H groups in total. The first-order valence-corrected chi connectivity index (χ1v) is 8.86. The summed E-state index contributed by atoms with van der Waals surface area (Å²) in [7, 11) is 0. The van der Waals surface area contributed by atoms with E-state index in [0.29, 0.717) is 5.92 Å². The highest BCUT2D eigenvalue weighted by Gasteiger charge is 2.13. The lowest BCUT2D eigenvalue weighted by atomic mass is 9.94. The van der Waals surface area contributed by atoms with Crippen molar-refractivity contribution in [3.8, 4) is 0 Å². The van der Waals surface area contributed by atoms with Gasteiger partial charge in [0.1, 0.15) is 0 Å². The maximum absolute atomic E-state index is 3.57. The van der Waals surface area contributed by atoms with Gasteiger partial charge in [-0.3, -0.25) is 0 Å². The maximum atomic E-state index is 3.57. The van der Waals surface area contributed by atoms with E-state index in [-0.39, 0.29) is 0 Å². The summed E-state index contributed by atoms with van der Waals surface area (Å²) in [5.41, 5.74) is 2.76. The van der Waals surface area contributed by atoms with Crippen molar-refractivity contribution < 1.29 is 0 Å². The van der Waals surface area contributed by atoms with E-state index >= 15 is 0 Å². The van der Waals surface area contributed by atoms with Gasteiger partial charge >= 0.3 is 0 Å². The summed E-state index contributed by atoms with van der Waals surface area (Å²) in [6.45, 7) is 6.50.